The Hall–Kier alpha value is -0.570. The van der Waals surface area contributed by atoms with Crippen LogP contribution in [0.15, 0.2) is 0 Å². The summed E-state index contributed by atoms with van der Waals surface area (Å²) in [6, 6.07) is 0.323. The van der Waals surface area contributed by atoms with Gasteiger partial charge >= 0.3 is 0 Å². The quantitative estimate of drug-likeness (QED) is 0.751. The van der Waals surface area contributed by atoms with E-state index in [4.69, 9.17) is 4.74 Å². The lowest BCUT2D eigenvalue weighted by molar-refractivity contribution is -0.125. The van der Waals surface area contributed by atoms with E-state index in [2.05, 4.69) is 5.32 Å². The Labute approximate surface area is 86.2 Å². The van der Waals surface area contributed by atoms with E-state index < -0.39 is 0 Å². The van der Waals surface area contributed by atoms with Gasteiger partial charge in [0.05, 0.1) is 6.10 Å². The minimum atomic E-state index is 0.0814. The lowest BCUT2D eigenvalue weighted by atomic mass is 9.92. The largest absolute Gasteiger partial charge is 0.381 e. The number of methoxy groups -OCH3 is 1. The van der Waals surface area contributed by atoms with Crippen molar-refractivity contribution in [3.05, 3.63) is 0 Å². The number of amides is 1. The van der Waals surface area contributed by atoms with Gasteiger partial charge < -0.3 is 10.1 Å². The van der Waals surface area contributed by atoms with Crippen molar-refractivity contribution in [2.45, 2.75) is 51.7 Å². The van der Waals surface area contributed by atoms with E-state index in [1.165, 1.54) is 0 Å². The summed E-state index contributed by atoms with van der Waals surface area (Å²) < 4.78 is 5.31. The molecule has 1 rings (SSSR count). The van der Waals surface area contributed by atoms with Crippen LogP contribution in [-0.2, 0) is 9.53 Å². The highest BCUT2D eigenvalue weighted by Crippen LogP contribution is 2.20. The number of nitrogens with one attached hydrogen (secondary N) is 1. The van der Waals surface area contributed by atoms with Gasteiger partial charge in [0, 0.05) is 19.1 Å². The highest BCUT2D eigenvalue weighted by atomic mass is 16.5. The first-order valence-electron chi connectivity index (χ1n) is 5.46. The van der Waals surface area contributed by atoms with E-state index in [-0.39, 0.29) is 11.8 Å². The average Bonchev–Trinajstić information content (AvgIpc) is 2.18. The predicted molar refractivity (Wildman–Crippen MR) is 56.0 cm³/mol. The zero-order chi connectivity index (χ0) is 10.6. The van der Waals surface area contributed by atoms with Gasteiger partial charge in [0.25, 0.3) is 0 Å². The third-order valence-corrected chi connectivity index (χ3v) is 2.83. The molecule has 0 aliphatic heterocycles. The summed E-state index contributed by atoms with van der Waals surface area (Å²) in [5.74, 6) is 0.240. The van der Waals surface area contributed by atoms with Crippen LogP contribution in [0.4, 0.5) is 0 Å². The minimum Gasteiger partial charge on any atom is -0.381 e. The molecular weight excluding hydrogens is 178 g/mol. The predicted octanol–water partition coefficient (Wildman–Crippen LogP) is 1.72. The van der Waals surface area contributed by atoms with E-state index in [0.29, 0.717) is 12.1 Å². The molecule has 1 aliphatic carbocycles. The fourth-order valence-corrected chi connectivity index (χ4v) is 1.86. The van der Waals surface area contributed by atoms with Crippen LogP contribution in [0, 0.1) is 5.92 Å². The number of carbonyl (C=O) groups is 1. The van der Waals surface area contributed by atoms with Crippen LogP contribution >= 0.6 is 0 Å². The fraction of sp³-hybridized carbons (Fsp3) is 0.909. The van der Waals surface area contributed by atoms with Gasteiger partial charge in [-0.3, -0.25) is 4.79 Å². The standard InChI is InChI=1S/C11H21NO2/c1-8(2)11(13)12-9-5-4-6-10(7-9)14-3/h8-10H,4-7H2,1-3H3,(H,12,13). The van der Waals surface area contributed by atoms with E-state index in [1.807, 2.05) is 13.8 Å². The van der Waals surface area contributed by atoms with Crippen molar-refractivity contribution in [2.75, 3.05) is 7.11 Å². The second kappa shape index (κ2) is 5.35. The SMILES string of the molecule is COC1CCCC(NC(=O)C(C)C)C1. The Balaban J connectivity index is 2.34. The van der Waals surface area contributed by atoms with Crippen molar-refractivity contribution in [1.82, 2.24) is 5.32 Å². The Morgan fingerprint density at radius 1 is 1.43 bits per heavy atom. The maximum Gasteiger partial charge on any atom is 0.222 e. The molecule has 1 N–H and O–H groups in total. The molecule has 1 fully saturated rings. The second-order valence-electron chi connectivity index (χ2n) is 4.38. The molecule has 2 unspecified atom stereocenters. The average molecular weight is 199 g/mol. The second-order valence-corrected chi connectivity index (χ2v) is 4.38. The third-order valence-electron chi connectivity index (χ3n) is 2.83. The van der Waals surface area contributed by atoms with Crippen molar-refractivity contribution >= 4 is 5.91 Å². The third kappa shape index (κ3) is 3.29. The molecule has 0 aromatic rings. The highest BCUT2D eigenvalue weighted by molar-refractivity contribution is 5.78. The van der Waals surface area contributed by atoms with Crippen LogP contribution in [0.5, 0.6) is 0 Å². The number of hydrogen-bond acceptors (Lipinski definition) is 2. The Morgan fingerprint density at radius 2 is 2.14 bits per heavy atom. The first kappa shape index (κ1) is 11.5. The van der Waals surface area contributed by atoms with Gasteiger partial charge in [0.2, 0.25) is 5.91 Å². The van der Waals surface area contributed by atoms with E-state index >= 15 is 0 Å². The van der Waals surface area contributed by atoms with Gasteiger partial charge in [-0.15, -0.1) is 0 Å². The van der Waals surface area contributed by atoms with E-state index in [1.54, 1.807) is 7.11 Å². The van der Waals surface area contributed by atoms with Gasteiger partial charge in [-0.1, -0.05) is 13.8 Å². The van der Waals surface area contributed by atoms with Crippen molar-refractivity contribution in [1.29, 1.82) is 0 Å². The first-order chi connectivity index (χ1) is 6.63. The number of carbonyl (C=O) groups excluding carboxylic acids is 1. The molecule has 0 aromatic carbocycles. The molecule has 0 heterocycles. The highest BCUT2D eigenvalue weighted by Gasteiger charge is 2.23. The van der Waals surface area contributed by atoms with Crippen LogP contribution < -0.4 is 5.32 Å². The van der Waals surface area contributed by atoms with E-state index in [9.17, 15) is 4.79 Å². The topological polar surface area (TPSA) is 38.3 Å². The maximum absolute atomic E-state index is 11.5. The lowest BCUT2D eigenvalue weighted by Crippen LogP contribution is -2.41. The molecule has 1 aliphatic rings. The summed E-state index contributed by atoms with van der Waals surface area (Å²) >= 11 is 0. The summed E-state index contributed by atoms with van der Waals surface area (Å²) in [7, 11) is 1.75. The first-order valence-corrected chi connectivity index (χ1v) is 5.46. The minimum absolute atomic E-state index is 0.0814. The molecule has 0 aromatic heterocycles. The molecule has 0 bridgehead atoms. The van der Waals surface area contributed by atoms with Gasteiger partial charge in [-0.2, -0.15) is 0 Å². The molecule has 0 spiro atoms. The Bertz CT molecular complexity index is 192. The molecule has 82 valence electrons. The van der Waals surface area contributed by atoms with Crippen LogP contribution in [0.25, 0.3) is 0 Å². The molecule has 1 saturated carbocycles. The number of ether oxygens (including phenoxy) is 1. The zero-order valence-corrected chi connectivity index (χ0v) is 9.38. The summed E-state index contributed by atoms with van der Waals surface area (Å²) in [5.41, 5.74) is 0. The zero-order valence-electron chi connectivity index (χ0n) is 9.38. The van der Waals surface area contributed by atoms with Crippen LogP contribution in [0.2, 0.25) is 0 Å². The monoisotopic (exact) mass is 199 g/mol. The fourth-order valence-electron chi connectivity index (χ4n) is 1.86. The molecule has 14 heavy (non-hydrogen) atoms. The maximum atomic E-state index is 11.5. The summed E-state index contributed by atoms with van der Waals surface area (Å²) in [6.45, 7) is 3.85. The molecular formula is C11H21NO2. The van der Waals surface area contributed by atoms with Crippen molar-refractivity contribution in [3.63, 3.8) is 0 Å². The summed E-state index contributed by atoms with van der Waals surface area (Å²) in [5, 5.41) is 3.06. The number of hydrogen-bond donors (Lipinski definition) is 1. The van der Waals surface area contributed by atoms with Crippen molar-refractivity contribution in [2.24, 2.45) is 5.92 Å². The molecule has 0 radical (unpaired) electrons. The molecule has 0 saturated heterocycles. The molecule has 1 amide bonds. The van der Waals surface area contributed by atoms with Crippen LogP contribution in [0.3, 0.4) is 0 Å². The van der Waals surface area contributed by atoms with Gasteiger partial charge in [-0.05, 0) is 25.7 Å². The smallest absolute Gasteiger partial charge is 0.222 e. The lowest BCUT2D eigenvalue weighted by Gasteiger charge is -2.29. The Morgan fingerprint density at radius 3 is 2.71 bits per heavy atom. The van der Waals surface area contributed by atoms with Gasteiger partial charge in [0.1, 0.15) is 0 Å². The summed E-state index contributed by atoms with van der Waals surface area (Å²) in [6.07, 6.45) is 4.68. The van der Waals surface area contributed by atoms with Gasteiger partial charge in [0.15, 0.2) is 0 Å². The van der Waals surface area contributed by atoms with Gasteiger partial charge in [-0.25, -0.2) is 0 Å². The van der Waals surface area contributed by atoms with Crippen molar-refractivity contribution in [3.8, 4) is 0 Å². The van der Waals surface area contributed by atoms with Crippen LogP contribution in [0.1, 0.15) is 39.5 Å². The van der Waals surface area contributed by atoms with Crippen molar-refractivity contribution < 1.29 is 9.53 Å². The van der Waals surface area contributed by atoms with E-state index in [0.717, 1.165) is 25.7 Å². The number of rotatable bonds is 3. The normalized spacial score (nSPS) is 27.7. The molecule has 3 nitrogen and oxygen atoms in total. The molecule has 3 heteroatoms. The molecule has 2 atom stereocenters. The summed E-state index contributed by atoms with van der Waals surface area (Å²) in [4.78, 5) is 11.5. The van der Waals surface area contributed by atoms with Crippen LogP contribution in [-0.4, -0.2) is 25.2 Å². The Kier molecular flexibility index (Phi) is 4.39.